The number of amides is 1. The molecule has 1 aromatic rings. The van der Waals surface area contributed by atoms with E-state index in [2.05, 4.69) is 0 Å². The second kappa shape index (κ2) is 6.91. The molecule has 1 unspecified atom stereocenters. The molecule has 7 heteroatoms. The molecule has 1 N–H and O–H groups in total. The summed E-state index contributed by atoms with van der Waals surface area (Å²) in [4.78, 5) is 24.5. The Balaban J connectivity index is 3.18. The van der Waals surface area contributed by atoms with Crippen molar-refractivity contribution in [3.8, 4) is 0 Å². The first-order chi connectivity index (χ1) is 10.1. The van der Waals surface area contributed by atoms with Crippen LogP contribution in [0.15, 0.2) is 29.2 Å². The lowest BCUT2D eigenvalue weighted by Gasteiger charge is -2.21. The molecule has 0 aliphatic carbocycles. The van der Waals surface area contributed by atoms with Crippen LogP contribution in [0.1, 0.15) is 31.1 Å². The Morgan fingerprint density at radius 1 is 1.18 bits per heavy atom. The van der Waals surface area contributed by atoms with Crippen molar-refractivity contribution in [1.29, 1.82) is 0 Å². The molecule has 0 bridgehead atoms. The van der Waals surface area contributed by atoms with Crippen LogP contribution in [0.5, 0.6) is 0 Å². The molecule has 1 amide bonds. The van der Waals surface area contributed by atoms with E-state index in [-0.39, 0.29) is 17.0 Å². The predicted octanol–water partition coefficient (Wildman–Crippen LogP) is 1.66. The largest absolute Gasteiger partial charge is 0.481 e. The number of carbonyl (C=O) groups excluding carboxylic acids is 1. The van der Waals surface area contributed by atoms with Crippen molar-refractivity contribution in [3.05, 3.63) is 29.8 Å². The number of hydrogen-bond donors (Lipinski definition) is 1. The number of rotatable bonds is 6. The maximum absolute atomic E-state index is 12.5. The predicted molar refractivity (Wildman–Crippen MR) is 82.5 cm³/mol. The van der Waals surface area contributed by atoms with Crippen molar-refractivity contribution in [1.82, 2.24) is 4.90 Å². The molecular weight excluding hydrogens is 306 g/mol. The fourth-order valence-corrected chi connectivity index (χ4v) is 3.16. The van der Waals surface area contributed by atoms with E-state index < -0.39 is 32.9 Å². The Labute approximate surface area is 130 Å². The molecule has 0 fully saturated rings. The van der Waals surface area contributed by atoms with Crippen molar-refractivity contribution < 1.29 is 23.1 Å². The molecule has 0 heterocycles. The highest BCUT2D eigenvalue weighted by Crippen LogP contribution is 2.22. The summed E-state index contributed by atoms with van der Waals surface area (Å²) in [6.07, 6.45) is 0. The molecule has 22 heavy (non-hydrogen) atoms. The number of carboxylic acids is 1. The molecule has 6 nitrogen and oxygen atoms in total. The summed E-state index contributed by atoms with van der Waals surface area (Å²) in [6.45, 7) is 4.59. The van der Waals surface area contributed by atoms with E-state index >= 15 is 0 Å². The van der Waals surface area contributed by atoms with Crippen LogP contribution in [-0.4, -0.2) is 49.1 Å². The summed E-state index contributed by atoms with van der Waals surface area (Å²) >= 11 is 0. The summed E-state index contributed by atoms with van der Waals surface area (Å²) in [5, 5.41) is 8.26. The van der Waals surface area contributed by atoms with Gasteiger partial charge in [0.15, 0.2) is 9.84 Å². The van der Waals surface area contributed by atoms with Gasteiger partial charge < -0.3 is 10.0 Å². The first kappa shape index (κ1) is 18.2. The Morgan fingerprint density at radius 3 is 2.23 bits per heavy atom. The lowest BCUT2D eigenvalue weighted by molar-refractivity contribution is -0.141. The fourth-order valence-electron chi connectivity index (χ4n) is 1.92. The van der Waals surface area contributed by atoms with E-state index in [1.807, 2.05) is 0 Å². The molecule has 1 aromatic carbocycles. The highest BCUT2D eigenvalue weighted by molar-refractivity contribution is 7.92. The van der Waals surface area contributed by atoms with Crippen LogP contribution in [0, 0.1) is 5.92 Å². The standard InChI is InChI=1S/C15H21NO5S/c1-10(2)22(20,21)13-8-6-5-7-12(13)14(17)16(4)9-11(3)15(18)19/h5-8,10-11H,9H2,1-4H3,(H,18,19). The highest BCUT2D eigenvalue weighted by Gasteiger charge is 2.27. The highest BCUT2D eigenvalue weighted by atomic mass is 32.2. The zero-order valence-electron chi connectivity index (χ0n) is 13.1. The zero-order chi connectivity index (χ0) is 17.1. The van der Waals surface area contributed by atoms with Crippen LogP contribution in [-0.2, 0) is 14.6 Å². The summed E-state index contributed by atoms with van der Waals surface area (Å²) in [5.41, 5.74) is 0.0660. The average Bonchev–Trinajstić information content (AvgIpc) is 2.45. The molecule has 0 aliphatic rings. The van der Waals surface area contributed by atoms with Gasteiger partial charge in [0.2, 0.25) is 0 Å². The van der Waals surface area contributed by atoms with Gasteiger partial charge in [-0.2, -0.15) is 0 Å². The fraction of sp³-hybridized carbons (Fsp3) is 0.467. The lowest BCUT2D eigenvalue weighted by atomic mass is 10.1. The van der Waals surface area contributed by atoms with E-state index in [4.69, 9.17) is 5.11 Å². The summed E-state index contributed by atoms with van der Waals surface area (Å²) in [6, 6.07) is 5.99. The smallest absolute Gasteiger partial charge is 0.308 e. The Bertz CT molecular complexity index is 666. The number of nitrogens with zero attached hydrogens (tertiary/aromatic N) is 1. The van der Waals surface area contributed by atoms with Crippen LogP contribution in [0.2, 0.25) is 0 Å². The Morgan fingerprint density at radius 2 is 1.73 bits per heavy atom. The number of carboxylic acid groups (broad SMARTS) is 1. The van der Waals surface area contributed by atoms with E-state index in [0.29, 0.717) is 0 Å². The Kier molecular flexibility index (Phi) is 5.71. The zero-order valence-corrected chi connectivity index (χ0v) is 13.9. The lowest BCUT2D eigenvalue weighted by Crippen LogP contribution is -2.34. The Hall–Kier alpha value is -1.89. The maximum Gasteiger partial charge on any atom is 0.308 e. The molecule has 1 rings (SSSR count). The number of carbonyl (C=O) groups is 2. The van der Waals surface area contributed by atoms with Crippen molar-refractivity contribution in [3.63, 3.8) is 0 Å². The van der Waals surface area contributed by atoms with Crippen LogP contribution in [0.25, 0.3) is 0 Å². The number of sulfone groups is 1. The molecule has 122 valence electrons. The van der Waals surface area contributed by atoms with E-state index in [0.717, 1.165) is 0 Å². The normalized spacial score (nSPS) is 13.0. The summed E-state index contributed by atoms with van der Waals surface area (Å²) < 4.78 is 24.7. The van der Waals surface area contributed by atoms with Crippen molar-refractivity contribution in [2.75, 3.05) is 13.6 Å². The van der Waals surface area contributed by atoms with Crippen LogP contribution >= 0.6 is 0 Å². The van der Waals surface area contributed by atoms with Gasteiger partial charge in [-0.15, -0.1) is 0 Å². The minimum absolute atomic E-state index is 0.00419. The van der Waals surface area contributed by atoms with Crippen molar-refractivity contribution in [2.24, 2.45) is 5.92 Å². The number of aliphatic carboxylic acids is 1. The van der Waals surface area contributed by atoms with E-state index in [9.17, 15) is 18.0 Å². The molecule has 0 radical (unpaired) electrons. The summed E-state index contributed by atoms with van der Waals surface area (Å²) in [7, 11) is -2.14. The second-order valence-electron chi connectivity index (χ2n) is 5.51. The first-order valence-electron chi connectivity index (χ1n) is 6.90. The minimum atomic E-state index is -3.59. The minimum Gasteiger partial charge on any atom is -0.481 e. The van der Waals surface area contributed by atoms with Gasteiger partial charge in [-0.05, 0) is 26.0 Å². The average molecular weight is 327 g/mol. The van der Waals surface area contributed by atoms with E-state index in [1.165, 1.54) is 31.0 Å². The molecule has 0 aliphatic heterocycles. The van der Waals surface area contributed by atoms with Gasteiger partial charge in [0.1, 0.15) is 0 Å². The van der Waals surface area contributed by atoms with E-state index in [1.54, 1.807) is 26.0 Å². The van der Waals surface area contributed by atoms with Crippen molar-refractivity contribution >= 4 is 21.7 Å². The third kappa shape index (κ3) is 3.85. The van der Waals surface area contributed by atoms with Crippen LogP contribution < -0.4 is 0 Å². The SMILES string of the molecule is CC(CN(C)C(=O)c1ccccc1S(=O)(=O)C(C)C)C(=O)O. The van der Waals surface area contributed by atoms with Crippen molar-refractivity contribution in [2.45, 2.75) is 30.9 Å². The molecule has 0 spiro atoms. The molecule has 0 saturated heterocycles. The topological polar surface area (TPSA) is 91.8 Å². The molecule has 0 aromatic heterocycles. The van der Waals surface area contributed by atoms with Gasteiger partial charge in [-0.1, -0.05) is 19.1 Å². The van der Waals surface area contributed by atoms with Gasteiger partial charge >= 0.3 is 5.97 Å². The van der Waals surface area contributed by atoms with Gasteiger partial charge in [0.25, 0.3) is 5.91 Å². The van der Waals surface area contributed by atoms with Gasteiger partial charge in [-0.3, -0.25) is 9.59 Å². The summed E-state index contributed by atoms with van der Waals surface area (Å²) in [5.74, 6) is -2.25. The number of benzene rings is 1. The van der Waals surface area contributed by atoms with Gasteiger partial charge in [0, 0.05) is 13.6 Å². The third-order valence-corrected chi connectivity index (χ3v) is 5.57. The van der Waals surface area contributed by atoms with Crippen LogP contribution in [0.3, 0.4) is 0 Å². The monoisotopic (exact) mass is 327 g/mol. The van der Waals surface area contributed by atoms with Gasteiger partial charge in [-0.25, -0.2) is 8.42 Å². The second-order valence-corrected chi connectivity index (χ2v) is 7.99. The van der Waals surface area contributed by atoms with Crippen LogP contribution in [0.4, 0.5) is 0 Å². The third-order valence-electron chi connectivity index (χ3n) is 3.36. The maximum atomic E-state index is 12.5. The first-order valence-corrected chi connectivity index (χ1v) is 8.44. The number of hydrogen-bond acceptors (Lipinski definition) is 4. The molecular formula is C15H21NO5S. The quantitative estimate of drug-likeness (QED) is 0.858. The molecule has 1 atom stereocenters. The van der Waals surface area contributed by atoms with Gasteiger partial charge in [0.05, 0.1) is 21.6 Å². The molecule has 0 saturated carbocycles.